The van der Waals surface area contributed by atoms with Gasteiger partial charge in [0.2, 0.25) is 6.29 Å². The Labute approximate surface area is 134 Å². The molecule has 2 aliphatic rings. The third-order valence-corrected chi connectivity index (χ3v) is 3.55. The number of hydrogen-bond acceptors (Lipinski definition) is 9. The van der Waals surface area contributed by atoms with Crippen LogP contribution in [0.25, 0.3) is 0 Å². The van der Waals surface area contributed by atoms with Crippen molar-refractivity contribution in [2.24, 2.45) is 5.16 Å². The van der Waals surface area contributed by atoms with Crippen LogP contribution in [0.1, 0.15) is 23.2 Å². The minimum Gasteiger partial charge on any atom is -0.344 e. The van der Waals surface area contributed by atoms with E-state index in [1.807, 2.05) is 0 Å². The van der Waals surface area contributed by atoms with Crippen LogP contribution >= 0.6 is 0 Å². The van der Waals surface area contributed by atoms with Crippen LogP contribution in [0.2, 0.25) is 0 Å². The largest absolute Gasteiger partial charge is 0.366 e. The number of ether oxygens (including phenoxy) is 2. The maximum atomic E-state index is 12.0. The maximum absolute atomic E-state index is 12.0. The van der Waals surface area contributed by atoms with Crippen LogP contribution in [0.4, 0.5) is 11.4 Å². The van der Waals surface area contributed by atoms with Gasteiger partial charge in [0.15, 0.2) is 0 Å². The molecule has 2 saturated heterocycles. The molecule has 2 atom stereocenters. The lowest BCUT2D eigenvalue weighted by Gasteiger charge is -2.18. The van der Waals surface area contributed by atoms with Crippen molar-refractivity contribution in [3.63, 3.8) is 0 Å². The molecular weight excluding hydrogens is 326 g/mol. The minimum atomic E-state index is -1.05. The van der Waals surface area contributed by atoms with E-state index in [0.717, 1.165) is 18.2 Å². The highest BCUT2D eigenvalue weighted by Gasteiger charge is 2.35. The molecule has 2 aliphatic heterocycles. The number of nitro groups is 2. The normalized spacial score (nSPS) is 23.9. The molecule has 0 amide bonds. The number of non-ortho nitro benzene ring substituents is 2. The number of nitrogens with zero attached hydrogens (tertiary/aromatic N) is 3. The van der Waals surface area contributed by atoms with E-state index in [2.05, 4.69) is 5.16 Å². The molecule has 0 aromatic heterocycles. The van der Waals surface area contributed by atoms with Gasteiger partial charge in [-0.25, -0.2) is 4.79 Å². The maximum Gasteiger partial charge on any atom is 0.366 e. The molecule has 0 saturated carbocycles. The number of carbonyl (C=O) groups is 1. The predicted octanol–water partition coefficient (Wildman–Crippen LogP) is 1.55. The van der Waals surface area contributed by atoms with E-state index in [-0.39, 0.29) is 11.7 Å². The summed E-state index contributed by atoms with van der Waals surface area (Å²) in [5.74, 6) is -1.05. The lowest BCUT2D eigenvalue weighted by molar-refractivity contribution is -0.394. The highest BCUT2D eigenvalue weighted by molar-refractivity contribution is 5.93. The number of hydrogen-bond donors (Lipinski definition) is 0. The standard InChI is InChI=1S/C13H11N3O8/c17-12(24-14-11-2-1-10-6-22-13(11)23-10)7-3-8(15(18)19)5-9(4-7)16(20)21/h3-5,10,13H,1-2,6H2/b14-11+/t10-,13+/m0/s1. The molecule has 0 aliphatic carbocycles. The van der Waals surface area contributed by atoms with Gasteiger partial charge < -0.3 is 14.3 Å². The first-order valence-electron chi connectivity index (χ1n) is 6.93. The second-order valence-corrected chi connectivity index (χ2v) is 5.18. The van der Waals surface area contributed by atoms with Crippen molar-refractivity contribution in [3.05, 3.63) is 44.0 Å². The monoisotopic (exact) mass is 337 g/mol. The second kappa shape index (κ2) is 6.29. The number of rotatable bonds is 4. The highest BCUT2D eigenvalue weighted by atomic mass is 16.7. The summed E-state index contributed by atoms with van der Waals surface area (Å²) in [6.07, 6.45) is 0.535. The second-order valence-electron chi connectivity index (χ2n) is 5.18. The Morgan fingerprint density at radius 1 is 1.21 bits per heavy atom. The van der Waals surface area contributed by atoms with Crippen LogP contribution in [0, 0.1) is 20.2 Å². The molecule has 24 heavy (non-hydrogen) atoms. The van der Waals surface area contributed by atoms with Crippen molar-refractivity contribution in [2.45, 2.75) is 25.2 Å². The van der Waals surface area contributed by atoms with E-state index < -0.39 is 33.5 Å². The Kier molecular flexibility index (Phi) is 4.18. The van der Waals surface area contributed by atoms with E-state index in [0.29, 0.717) is 25.2 Å². The van der Waals surface area contributed by atoms with Crippen LogP contribution in [0.3, 0.4) is 0 Å². The summed E-state index contributed by atoms with van der Waals surface area (Å²) in [5, 5.41) is 25.3. The first-order valence-corrected chi connectivity index (χ1v) is 6.93. The average Bonchev–Trinajstić information content (AvgIpc) is 2.95. The van der Waals surface area contributed by atoms with Crippen LogP contribution < -0.4 is 0 Å². The summed E-state index contributed by atoms with van der Waals surface area (Å²) in [6.45, 7) is 0.439. The number of nitro benzene ring substituents is 2. The van der Waals surface area contributed by atoms with Gasteiger partial charge in [-0.3, -0.25) is 20.2 Å². The van der Waals surface area contributed by atoms with E-state index >= 15 is 0 Å². The minimum absolute atomic E-state index is 0.00377. The van der Waals surface area contributed by atoms with Crippen molar-refractivity contribution in [2.75, 3.05) is 6.61 Å². The highest BCUT2D eigenvalue weighted by Crippen LogP contribution is 2.26. The fourth-order valence-electron chi connectivity index (χ4n) is 2.37. The molecule has 2 fully saturated rings. The van der Waals surface area contributed by atoms with E-state index in [1.165, 1.54) is 0 Å². The van der Waals surface area contributed by atoms with Crippen molar-refractivity contribution in [1.82, 2.24) is 0 Å². The zero-order valence-electron chi connectivity index (χ0n) is 12.1. The summed E-state index contributed by atoms with van der Waals surface area (Å²) in [7, 11) is 0. The lowest BCUT2D eigenvalue weighted by Crippen LogP contribution is -2.28. The molecule has 2 heterocycles. The van der Waals surface area contributed by atoms with Crippen molar-refractivity contribution >= 4 is 23.1 Å². The van der Waals surface area contributed by atoms with Gasteiger partial charge in [-0.1, -0.05) is 5.16 Å². The zero-order valence-corrected chi connectivity index (χ0v) is 12.1. The predicted molar refractivity (Wildman–Crippen MR) is 76.4 cm³/mol. The first-order chi connectivity index (χ1) is 11.4. The first kappa shape index (κ1) is 16.0. The summed E-state index contributed by atoms with van der Waals surface area (Å²) in [6, 6.07) is 2.52. The SMILES string of the molecule is O=C(O/N=C1\CC[C@H]2CO[C@@H]1O2)c1cc([N+](=O)[O-])cc([N+](=O)[O-])c1. The average molecular weight is 337 g/mol. The summed E-state index contributed by atoms with van der Waals surface area (Å²) < 4.78 is 10.7. The molecule has 2 bridgehead atoms. The van der Waals surface area contributed by atoms with Crippen LogP contribution in [0.15, 0.2) is 23.4 Å². The van der Waals surface area contributed by atoms with Gasteiger partial charge >= 0.3 is 5.97 Å². The van der Waals surface area contributed by atoms with Gasteiger partial charge in [0, 0.05) is 12.1 Å². The van der Waals surface area contributed by atoms with Crippen LogP contribution in [0.5, 0.6) is 0 Å². The van der Waals surface area contributed by atoms with Crippen LogP contribution in [-0.2, 0) is 14.3 Å². The van der Waals surface area contributed by atoms with Crippen LogP contribution in [-0.4, -0.2) is 40.5 Å². The Hall–Kier alpha value is -2.92. The molecule has 1 aromatic carbocycles. The van der Waals surface area contributed by atoms with Gasteiger partial charge in [-0.05, 0) is 12.8 Å². The summed E-state index contributed by atoms with van der Waals surface area (Å²) in [5.41, 5.74) is -1.14. The third-order valence-electron chi connectivity index (χ3n) is 3.55. The molecule has 0 N–H and O–H groups in total. The number of carbonyl (C=O) groups excluding carboxylic acids is 1. The third kappa shape index (κ3) is 3.21. The lowest BCUT2D eigenvalue weighted by atomic mass is 10.1. The topological polar surface area (TPSA) is 143 Å². The van der Waals surface area contributed by atoms with Gasteiger partial charge in [-0.15, -0.1) is 0 Å². The van der Waals surface area contributed by atoms with E-state index in [9.17, 15) is 25.0 Å². The summed E-state index contributed by atoms with van der Waals surface area (Å²) in [4.78, 5) is 36.7. The smallest absolute Gasteiger partial charge is 0.344 e. The number of fused-ring (bicyclic) bond motifs is 2. The Balaban J connectivity index is 1.79. The molecule has 0 radical (unpaired) electrons. The summed E-state index contributed by atoms with van der Waals surface area (Å²) >= 11 is 0. The van der Waals surface area contributed by atoms with Gasteiger partial charge in [0.1, 0.15) is 5.71 Å². The van der Waals surface area contributed by atoms with Crippen molar-refractivity contribution in [1.29, 1.82) is 0 Å². The quantitative estimate of drug-likeness (QED) is 0.457. The Morgan fingerprint density at radius 3 is 2.50 bits per heavy atom. The van der Waals surface area contributed by atoms with E-state index in [4.69, 9.17) is 14.3 Å². The van der Waals surface area contributed by atoms with Gasteiger partial charge in [0.05, 0.1) is 34.2 Å². The van der Waals surface area contributed by atoms with E-state index in [1.54, 1.807) is 0 Å². The molecule has 0 spiro atoms. The molecular formula is C13H11N3O8. The number of benzene rings is 1. The molecule has 3 rings (SSSR count). The molecule has 11 nitrogen and oxygen atoms in total. The molecule has 11 heteroatoms. The van der Waals surface area contributed by atoms with Crippen molar-refractivity contribution in [3.8, 4) is 0 Å². The fourth-order valence-corrected chi connectivity index (χ4v) is 2.37. The van der Waals surface area contributed by atoms with Gasteiger partial charge in [0.25, 0.3) is 11.4 Å². The van der Waals surface area contributed by atoms with Gasteiger partial charge in [-0.2, -0.15) is 0 Å². The van der Waals surface area contributed by atoms with Crippen molar-refractivity contribution < 1.29 is 29.0 Å². The Morgan fingerprint density at radius 2 is 1.88 bits per heavy atom. The Bertz CT molecular complexity index is 714. The zero-order chi connectivity index (χ0) is 17.3. The fraction of sp³-hybridized carbons (Fsp3) is 0.385. The number of oxime groups is 1. The molecule has 1 aromatic rings. The molecule has 0 unspecified atom stereocenters. The molecule has 126 valence electrons.